The number of nitrogens with one attached hydrogen (secondary N) is 1. The summed E-state index contributed by atoms with van der Waals surface area (Å²) < 4.78 is 25.4. The van der Waals surface area contributed by atoms with E-state index in [0.29, 0.717) is 12.2 Å². The topological polar surface area (TPSA) is 66.5 Å². The Labute approximate surface area is 121 Å². The fraction of sp³-hybridized carbons (Fsp3) is 0.500. The summed E-state index contributed by atoms with van der Waals surface area (Å²) in [6, 6.07) is 8.82. The molecule has 1 N–H and O–H groups in total. The number of rotatable bonds is 8. The quantitative estimate of drug-likeness (QED) is 0.744. The van der Waals surface area contributed by atoms with Gasteiger partial charge in [-0.25, -0.2) is 8.42 Å². The van der Waals surface area contributed by atoms with E-state index < -0.39 is 10.0 Å². The number of sulfonamides is 1. The van der Waals surface area contributed by atoms with Gasteiger partial charge in [0.1, 0.15) is 0 Å². The van der Waals surface area contributed by atoms with Crippen molar-refractivity contribution in [3.05, 3.63) is 30.3 Å². The van der Waals surface area contributed by atoms with Crippen LogP contribution in [0.5, 0.6) is 0 Å². The van der Waals surface area contributed by atoms with E-state index in [9.17, 15) is 13.2 Å². The number of hydrogen-bond donors (Lipinski definition) is 1. The van der Waals surface area contributed by atoms with Crippen LogP contribution in [0.15, 0.2) is 30.3 Å². The fourth-order valence-electron chi connectivity index (χ4n) is 1.65. The maximum Gasteiger partial charge on any atom is 0.235 e. The highest BCUT2D eigenvalue weighted by molar-refractivity contribution is 7.92. The smallest absolute Gasteiger partial charge is 0.235 e. The minimum absolute atomic E-state index is 0.0107. The standard InChI is InChI=1S/C14H22N2O3S/c1-3-4-11-15-14(17)10-12-20(18,19)16(2)13-8-6-5-7-9-13/h5-9H,3-4,10-12H2,1-2H3,(H,15,17). The predicted octanol–water partition coefficient (Wildman–Crippen LogP) is 1.76. The van der Waals surface area contributed by atoms with E-state index in [1.165, 1.54) is 11.4 Å². The van der Waals surface area contributed by atoms with Crippen LogP contribution in [0.4, 0.5) is 5.69 Å². The highest BCUT2D eigenvalue weighted by Crippen LogP contribution is 2.15. The molecule has 5 nitrogen and oxygen atoms in total. The van der Waals surface area contributed by atoms with Crippen LogP contribution in [0.2, 0.25) is 0 Å². The van der Waals surface area contributed by atoms with Crippen LogP contribution in [0.25, 0.3) is 0 Å². The Bertz CT molecular complexity index is 514. The van der Waals surface area contributed by atoms with Gasteiger partial charge in [0.25, 0.3) is 0 Å². The lowest BCUT2D eigenvalue weighted by atomic mass is 10.3. The summed E-state index contributed by atoms with van der Waals surface area (Å²) in [5.41, 5.74) is 0.596. The number of anilines is 1. The molecule has 1 amide bonds. The molecule has 20 heavy (non-hydrogen) atoms. The SMILES string of the molecule is CCCCNC(=O)CCS(=O)(=O)N(C)c1ccccc1. The highest BCUT2D eigenvalue weighted by atomic mass is 32.2. The van der Waals surface area contributed by atoms with Gasteiger partial charge in [-0.2, -0.15) is 0 Å². The molecule has 0 aliphatic carbocycles. The number of carbonyl (C=O) groups excluding carboxylic acids is 1. The average molecular weight is 298 g/mol. The van der Waals surface area contributed by atoms with Crippen molar-refractivity contribution in [3.63, 3.8) is 0 Å². The Hall–Kier alpha value is -1.56. The molecule has 6 heteroatoms. The zero-order valence-corrected chi connectivity index (χ0v) is 12.8. The summed E-state index contributed by atoms with van der Waals surface area (Å²) in [5, 5.41) is 2.71. The van der Waals surface area contributed by atoms with E-state index in [2.05, 4.69) is 5.32 Å². The van der Waals surface area contributed by atoms with E-state index in [1.807, 2.05) is 13.0 Å². The predicted molar refractivity (Wildman–Crippen MR) is 81.2 cm³/mol. The molecule has 0 aliphatic heterocycles. The Balaban J connectivity index is 2.51. The maximum absolute atomic E-state index is 12.1. The molecule has 112 valence electrons. The van der Waals surface area contributed by atoms with Crippen LogP contribution in [0.3, 0.4) is 0 Å². The van der Waals surface area contributed by atoms with Gasteiger partial charge in [0.2, 0.25) is 15.9 Å². The second-order valence-electron chi connectivity index (χ2n) is 4.57. The zero-order valence-electron chi connectivity index (χ0n) is 12.0. The van der Waals surface area contributed by atoms with Crippen LogP contribution in [-0.2, 0) is 14.8 Å². The summed E-state index contributed by atoms with van der Waals surface area (Å²) in [7, 11) is -1.97. The molecule has 1 aromatic carbocycles. The van der Waals surface area contributed by atoms with Crippen LogP contribution in [0.1, 0.15) is 26.2 Å². The molecule has 0 radical (unpaired) electrons. The molecule has 1 aromatic rings. The van der Waals surface area contributed by atoms with Crippen LogP contribution < -0.4 is 9.62 Å². The Morgan fingerprint density at radius 2 is 1.90 bits per heavy atom. The van der Waals surface area contributed by atoms with Crippen molar-refractivity contribution in [2.45, 2.75) is 26.2 Å². The summed E-state index contributed by atoms with van der Waals surface area (Å²) in [6.45, 7) is 2.63. The van der Waals surface area contributed by atoms with Gasteiger partial charge in [-0.3, -0.25) is 9.10 Å². The second kappa shape index (κ2) is 7.89. The Morgan fingerprint density at radius 1 is 1.25 bits per heavy atom. The first-order valence-electron chi connectivity index (χ1n) is 6.75. The molecule has 0 bridgehead atoms. The minimum Gasteiger partial charge on any atom is -0.356 e. The van der Waals surface area contributed by atoms with Gasteiger partial charge in [0.05, 0.1) is 11.4 Å². The second-order valence-corrected chi connectivity index (χ2v) is 6.69. The van der Waals surface area contributed by atoms with Gasteiger partial charge in [-0.05, 0) is 18.6 Å². The van der Waals surface area contributed by atoms with Crippen LogP contribution in [-0.4, -0.2) is 33.7 Å². The van der Waals surface area contributed by atoms with Gasteiger partial charge in [0.15, 0.2) is 0 Å². The van der Waals surface area contributed by atoms with E-state index in [0.717, 1.165) is 12.8 Å². The molecule has 0 spiro atoms. The summed E-state index contributed by atoms with van der Waals surface area (Å²) in [4.78, 5) is 11.5. The van der Waals surface area contributed by atoms with Crippen molar-refractivity contribution in [2.75, 3.05) is 23.7 Å². The molecular formula is C14H22N2O3S. The Morgan fingerprint density at radius 3 is 2.50 bits per heavy atom. The third-order valence-corrected chi connectivity index (χ3v) is 4.74. The number of hydrogen-bond acceptors (Lipinski definition) is 3. The summed E-state index contributed by atoms with van der Waals surface area (Å²) in [6.07, 6.45) is 1.89. The number of carbonyl (C=O) groups is 1. The van der Waals surface area contributed by atoms with Crippen LogP contribution >= 0.6 is 0 Å². The third-order valence-electron chi connectivity index (χ3n) is 2.98. The van der Waals surface area contributed by atoms with Crippen LogP contribution in [0, 0.1) is 0 Å². The molecule has 0 aromatic heterocycles. The molecule has 0 atom stereocenters. The molecule has 0 saturated heterocycles. The fourth-order valence-corrected chi connectivity index (χ4v) is 2.81. The van der Waals surface area contributed by atoms with Gasteiger partial charge < -0.3 is 5.32 Å². The molecule has 0 aliphatic rings. The summed E-state index contributed by atoms with van der Waals surface area (Å²) >= 11 is 0. The number of nitrogens with zero attached hydrogens (tertiary/aromatic N) is 1. The lowest BCUT2D eigenvalue weighted by molar-refractivity contribution is -0.120. The number of unbranched alkanes of at least 4 members (excludes halogenated alkanes) is 1. The average Bonchev–Trinajstić information content (AvgIpc) is 2.45. The highest BCUT2D eigenvalue weighted by Gasteiger charge is 2.19. The molecule has 1 rings (SSSR count). The van der Waals surface area contributed by atoms with Crippen molar-refractivity contribution in [3.8, 4) is 0 Å². The number of amides is 1. The molecule has 0 saturated carbocycles. The minimum atomic E-state index is -3.47. The van der Waals surface area contributed by atoms with Crippen molar-refractivity contribution in [1.29, 1.82) is 0 Å². The van der Waals surface area contributed by atoms with Gasteiger partial charge >= 0.3 is 0 Å². The lowest BCUT2D eigenvalue weighted by Crippen LogP contribution is -2.32. The normalized spacial score (nSPS) is 11.1. The first-order valence-corrected chi connectivity index (χ1v) is 8.36. The van der Waals surface area contributed by atoms with Crippen molar-refractivity contribution in [1.82, 2.24) is 5.32 Å². The molecule has 0 unspecified atom stereocenters. The molecular weight excluding hydrogens is 276 g/mol. The first-order chi connectivity index (χ1) is 9.47. The van der Waals surface area contributed by atoms with Gasteiger partial charge in [0, 0.05) is 20.0 Å². The van der Waals surface area contributed by atoms with E-state index in [-0.39, 0.29) is 18.1 Å². The number of benzene rings is 1. The van der Waals surface area contributed by atoms with Crippen molar-refractivity contribution in [2.24, 2.45) is 0 Å². The van der Waals surface area contributed by atoms with E-state index in [4.69, 9.17) is 0 Å². The maximum atomic E-state index is 12.1. The van der Waals surface area contributed by atoms with Crippen molar-refractivity contribution >= 4 is 21.6 Å². The molecule has 0 fully saturated rings. The van der Waals surface area contributed by atoms with E-state index in [1.54, 1.807) is 24.3 Å². The first kappa shape index (κ1) is 16.5. The summed E-state index contributed by atoms with van der Waals surface area (Å²) in [5.74, 6) is -0.403. The van der Waals surface area contributed by atoms with Gasteiger partial charge in [-0.15, -0.1) is 0 Å². The monoisotopic (exact) mass is 298 g/mol. The lowest BCUT2D eigenvalue weighted by Gasteiger charge is -2.19. The zero-order chi connectivity index (χ0) is 15.0. The Kier molecular flexibility index (Phi) is 6.51. The third kappa shape index (κ3) is 5.21. The van der Waals surface area contributed by atoms with Crippen molar-refractivity contribution < 1.29 is 13.2 Å². The largest absolute Gasteiger partial charge is 0.356 e. The van der Waals surface area contributed by atoms with E-state index >= 15 is 0 Å². The number of para-hydroxylation sites is 1. The molecule has 0 heterocycles. The van der Waals surface area contributed by atoms with Gasteiger partial charge in [-0.1, -0.05) is 31.5 Å².